The molecule has 0 spiro atoms. The molecule has 0 aromatic carbocycles. The van der Waals surface area contributed by atoms with Crippen molar-refractivity contribution in [3.63, 3.8) is 0 Å². The molecule has 618 valence electrons. The summed E-state index contributed by atoms with van der Waals surface area (Å²) in [4.78, 5) is 73.0. The van der Waals surface area contributed by atoms with Crippen molar-refractivity contribution in [2.24, 2.45) is 11.8 Å². The molecule has 0 saturated heterocycles. The number of carbonyl (C=O) groups is 4. The second-order valence-corrected chi connectivity index (χ2v) is 34.4. The van der Waals surface area contributed by atoms with Crippen LogP contribution in [0.15, 0.2) is 0 Å². The molecule has 0 fully saturated rings. The van der Waals surface area contributed by atoms with Gasteiger partial charge in [-0.25, -0.2) is 9.13 Å². The molecule has 0 aliphatic heterocycles. The van der Waals surface area contributed by atoms with Crippen LogP contribution in [0.25, 0.3) is 0 Å². The van der Waals surface area contributed by atoms with Crippen LogP contribution >= 0.6 is 15.6 Å². The summed E-state index contributed by atoms with van der Waals surface area (Å²) < 4.78 is 68.7. The van der Waals surface area contributed by atoms with Crippen molar-refractivity contribution < 1.29 is 80.2 Å². The number of aliphatic hydroxyl groups excluding tert-OH is 1. The molecule has 19 heteroatoms. The zero-order valence-electron chi connectivity index (χ0n) is 68.3. The lowest BCUT2D eigenvalue weighted by Gasteiger charge is -2.21. The first kappa shape index (κ1) is 102. The standard InChI is InChI=1S/C85H166O17P2/c1-7-9-11-13-15-16-17-18-19-20-21-22-26-29-34-39-44-50-56-62-68-83(88)96-74-81(102-85(90)69-63-57-51-45-40-35-30-27-24-23-25-28-32-37-42-48-53-59-65-77(3)4)76-100-104(93,94)98-72-79(86)71-97-103(91,92)99-75-80(73-95-82(87)67-61-55-47-14-12-10-8-2)101-84(89)70-64-58-52-46-41-36-31-33-38-43-49-54-60-66-78(5)6/h77-81,86H,7-76H2,1-6H3,(H,91,92)(H,93,94)/t79-,80+,81+/m0/s1. The Hall–Kier alpha value is -1.94. The Morgan fingerprint density at radius 3 is 0.654 bits per heavy atom. The number of hydrogen-bond acceptors (Lipinski definition) is 15. The second kappa shape index (κ2) is 76.4. The molecule has 0 heterocycles. The molecular formula is C85H166O17P2. The van der Waals surface area contributed by atoms with Gasteiger partial charge in [-0.1, -0.05) is 401 Å². The summed E-state index contributed by atoms with van der Waals surface area (Å²) in [5.74, 6) is -0.502. The van der Waals surface area contributed by atoms with E-state index < -0.39 is 97.5 Å². The molecule has 2 unspecified atom stereocenters. The van der Waals surface area contributed by atoms with E-state index >= 15 is 0 Å². The minimum absolute atomic E-state index is 0.107. The highest BCUT2D eigenvalue weighted by Gasteiger charge is 2.30. The van der Waals surface area contributed by atoms with E-state index in [-0.39, 0.29) is 25.7 Å². The van der Waals surface area contributed by atoms with Crippen LogP contribution in [0.3, 0.4) is 0 Å². The predicted octanol–water partition coefficient (Wildman–Crippen LogP) is 25.8. The number of phosphoric acid groups is 2. The van der Waals surface area contributed by atoms with Crippen molar-refractivity contribution in [3.05, 3.63) is 0 Å². The number of esters is 4. The first-order valence-electron chi connectivity index (χ1n) is 44.0. The van der Waals surface area contributed by atoms with Crippen LogP contribution in [0.4, 0.5) is 0 Å². The van der Waals surface area contributed by atoms with Gasteiger partial charge in [0, 0.05) is 25.7 Å². The third-order valence-electron chi connectivity index (χ3n) is 20.0. The predicted molar refractivity (Wildman–Crippen MR) is 428 cm³/mol. The minimum atomic E-state index is -4.96. The molecule has 0 saturated carbocycles. The molecule has 3 N–H and O–H groups in total. The molecule has 104 heavy (non-hydrogen) atoms. The van der Waals surface area contributed by atoms with Crippen LogP contribution in [0, 0.1) is 11.8 Å². The van der Waals surface area contributed by atoms with Gasteiger partial charge in [-0.3, -0.25) is 37.3 Å². The van der Waals surface area contributed by atoms with Gasteiger partial charge in [0.2, 0.25) is 0 Å². The lowest BCUT2D eigenvalue weighted by molar-refractivity contribution is -0.161. The van der Waals surface area contributed by atoms with Crippen LogP contribution in [-0.2, 0) is 65.4 Å². The van der Waals surface area contributed by atoms with Gasteiger partial charge in [0.25, 0.3) is 0 Å². The van der Waals surface area contributed by atoms with Crippen LogP contribution < -0.4 is 0 Å². The maximum absolute atomic E-state index is 13.1. The number of rotatable bonds is 84. The largest absolute Gasteiger partial charge is 0.472 e. The number of unbranched alkanes of at least 4 members (excludes halogenated alkanes) is 54. The average molecular weight is 1520 g/mol. The lowest BCUT2D eigenvalue weighted by atomic mass is 10.0. The summed E-state index contributed by atoms with van der Waals surface area (Å²) in [7, 11) is -9.92. The Labute approximate surface area is 638 Å². The van der Waals surface area contributed by atoms with Crippen molar-refractivity contribution in [3.8, 4) is 0 Å². The van der Waals surface area contributed by atoms with E-state index in [1.807, 2.05) is 0 Å². The summed E-state index contributed by atoms with van der Waals surface area (Å²) in [6.45, 7) is 9.67. The zero-order valence-corrected chi connectivity index (χ0v) is 70.1. The van der Waals surface area contributed by atoms with Crippen LogP contribution in [-0.4, -0.2) is 96.7 Å². The molecule has 0 aliphatic carbocycles. The SMILES string of the molecule is CCCCCCCCCCCCCCCCCCCCCCC(=O)OC[C@H](COP(=O)(O)OC[C@@H](O)COP(=O)(O)OC[C@@H](COC(=O)CCCCCCCCC)OC(=O)CCCCCCCCCCCCCCCC(C)C)OC(=O)CCCCCCCCCCCCCCCCCCCCC(C)C. The molecule has 0 aromatic heterocycles. The van der Waals surface area contributed by atoms with E-state index in [4.69, 9.17) is 37.0 Å². The maximum atomic E-state index is 13.1. The van der Waals surface area contributed by atoms with Crippen molar-refractivity contribution in [1.29, 1.82) is 0 Å². The number of carbonyl (C=O) groups excluding carboxylic acids is 4. The van der Waals surface area contributed by atoms with Gasteiger partial charge in [-0.15, -0.1) is 0 Å². The van der Waals surface area contributed by atoms with Gasteiger partial charge < -0.3 is 33.8 Å². The number of phosphoric ester groups is 2. The Morgan fingerprint density at radius 1 is 0.260 bits per heavy atom. The van der Waals surface area contributed by atoms with Gasteiger partial charge in [-0.2, -0.15) is 0 Å². The zero-order chi connectivity index (χ0) is 76.4. The van der Waals surface area contributed by atoms with Gasteiger partial charge in [0.15, 0.2) is 12.2 Å². The van der Waals surface area contributed by atoms with Gasteiger partial charge in [-0.05, 0) is 37.5 Å². The van der Waals surface area contributed by atoms with Gasteiger partial charge >= 0.3 is 39.5 Å². The van der Waals surface area contributed by atoms with Crippen LogP contribution in [0.2, 0.25) is 0 Å². The third kappa shape index (κ3) is 78.2. The van der Waals surface area contributed by atoms with Crippen molar-refractivity contribution in [2.75, 3.05) is 39.6 Å². The Balaban J connectivity index is 5.16. The summed E-state index contributed by atoms with van der Waals surface area (Å²) >= 11 is 0. The molecule has 0 aromatic rings. The molecule has 0 aliphatic rings. The van der Waals surface area contributed by atoms with Crippen LogP contribution in [0.1, 0.15) is 452 Å². The van der Waals surface area contributed by atoms with Gasteiger partial charge in [0.1, 0.15) is 19.3 Å². The molecular weight excluding hydrogens is 1350 g/mol. The Morgan fingerprint density at radius 2 is 0.442 bits per heavy atom. The summed E-state index contributed by atoms with van der Waals surface area (Å²) in [5.41, 5.74) is 0. The molecule has 0 bridgehead atoms. The fraction of sp³-hybridized carbons (Fsp3) is 0.953. The third-order valence-corrected chi connectivity index (χ3v) is 21.9. The van der Waals surface area contributed by atoms with E-state index in [1.54, 1.807) is 0 Å². The molecule has 5 atom stereocenters. The smallest absolute Gasteiger partial charge is 0.462 e. The first-order valence-corrected chi connectivity index (χ1v) is 47.0. The van der Waals surface area contributed by atoms with E-state index in [1.165, 1.54) is 257 Å². The molecule has 0 radical (unpaired) electrons. The van der Waals surface area contributed by atoms with E-state index in [0.29, 0.717) is 25.7 Å². The monoisotopic (exact) mass is 1520 g/mol. The first-order chi connectivity index (χ1) is 50.4. The molecule has 17 nitrogen and oxygen atoms in total. The van der Waals surface area contributed by atoms with Crippen LogP contribution in [0.5, 0.6) is 0 Å². The number of ether oxygens (including phenoxy) is 4. The topological polar surface area (TPSA) is 237 Å². The van der Waals surface area contributed by atoms with E-state index in [0.717, 1.165) is 115 Å². The molecule has 0 rings (SSSR count). The highest BCUT2D eigenvalue weighted by Crippen LogP contribution is 2.45. The quantitative estimate of drug-likeness (QED) is 0.0222. The van der Waals surface area contributed by atoms with Crippen molar-refractivity contribution >= 4 is 39.5 Å². The highest BCUT2D eigenvalue weighted by molar-refractivity contribution is 7.47. The maximum Gasteiger partial charge on any atom is 0.472 e. The molecule has 0 amide bonds. The van der Waals surface area contributed by atoms with Gasteiger partial charge in [0.05, 0.1) is 26.4 Å². The van der Waals surface area contributed by atoms with E-state index in [9.17, 15) is 43.2 Å². The summed E-state index contributed by atoms with van der Waals surface area (Å²) in [5, 5.41) is 10.6. The average Bonchev–Trinajstić information content (AvgIpc) is 0.911. The normalized spacial score (nSPS) is 13.8. The highest BCUT2D eigenvalue weighted by atomic mass is 31.2. The van der Waals surface area contributed by atoms with Crippen molar-refractivity contribution in [2.45, 2.75) is 471 Å². The fourth-order valence-electron chi connectivity index (χ4n) is 13.2. The number of hydrogen-bond donors (Lipinski definition) is 3. The summed E-state index contributed by atoms with van der Waals surface area (Å²) in [6, 6.07) is 0. The number of aliphatic hydroxyl groups is 1. The minimum Gasteiger partial charge on any atom is -0.462 e. The Bertz CT molecular complexity index is 1990. The summed E-state index contributed by atoms with van der Waals surface area (Å²) in [6.07, 6.45) is 68.3. The fourth-order valence-corrected chi connectivity index (χ4v) is 14.8. The Kier molecular flexibility index (Phi) is 75.0. The second-order valence-electron chi connectivity index (χ2n) is 31.5. The van der Waals surface area contributed by atoms with E-state index in [2.05, 4.69) is 41.5 Å². The van der Waals surface area contributed by atoms with Crippen molar-refractivity contribution in [1.82, 2.24) is 0 Å². The lowest BCUT2D eigenvalue weighted by Crippen LogP contribution is -2.30.